The lowest BCUT2D eigenvalue weighted by Gasteiger charge is -2.18. The molecule has 0 radical (unpaired) electrons. The molecule has 134 valence electrons. The van der Waals surface area contributed by atoms with Crippen LogP contribution < -0.4 is 4.90 Å². The van der Waals surface area contributed by atoms with Crippen LogP contribution in [-0.2, 0) is 9.84 Å². The second-order valence-corrected chi connectivity index (χ2v) is 8.35. The van der Waals surface area contributed by atoms with Gasteiger partial charge in [-0.25, -0.2) is 13.4 Å². The zero-order valence-corrected chi connectivity index (χ0v) is 15.7. The summed E-state index contributed by atoms with van der Waals surface area (Å²) in [6.45, 7) is 0. The number of rotatable bonds is 4. The third kappa shape index (κ3) is 3.70. The number of hydrogen-bond donors (Lipinski definition) is 1. The molecule has 0 aliphatic rings. The minimum atomic E-state index is -3.23. The fraction of sp³-hybridized carbons (Fsp3) is 0.150. The van der Waals surface area contributed by atoms with Crippen molar-refractivity contribution in [1.29, 1.82) is 0 Å². The zero-order chi connectivity index (χ0) is 18.9. The van der Waals surface area contributed by atoms with Gasteiger partial charge in [0.2, 0.25) is 0 Å². The number of phenolic OH excluding ortho intramolecular Hbond substituents is 1. The first-order valence-electron chi connectivity index (χ1n) is 8.03. The van der Waals surface area contributed by atoms with E-state index >= 15 is 0 Å². The first kappa shape index (κ1) is 17.9. The molecule has 3 aromatic rings. The minimum absolute atomic E-state index is 0.211. The highest BCUT2D eigenvalue weighted by Crippen LogP contribution is 2.33. The highest BCUT2D eigenvalue weighted by atomic mass is 32.2. The van der Waals surface area contributed by atoms with Gasteiger partial charge in [-0.05, 0) is 41.5 Å². The summed E-state index contributed by atoms with van der Waals surface area (Å²) in [5.74, 6) is 1.00. The molecule has 0 fully saturated rings. The number of benzene rings is 2. The first-order valence-corrected chi connectivity index (χ1v) is 9.92. The lowest BCUT2D eigenvalue weighted by atomic mass is 10.0. The molecule has 0 saturated heterocycles. The lowest BCUT2D eigenvalue weighted by molar-refractivity contribution is 0.475. The number of hydrogen-bond acceptors (Lipinski definition) is 5. The van der Waals surface area contributed by atoms with E-state index in [4.69, 9.17) is 0 Å². The quantitative estimate of drug-likeness (QED) is 0.762. The summed E-state index contributed by atoms with van der Waals surface area (Å²) < 4.78 is 23.4. The number of aromatic hydroxyl groups is 1. The Morgan fingerprint density at radius 1 is 0.885 bits per heavy atom. The Kier molecular flexibility index (Phi) is 4.70. The molecule has 0 atom stereocenters. The monoisotopic (exact) mass is 368 g/mol. The molecule has 0 unspecified atom stereocenters. The van der Waals surface area contributed by atoms with Gasteiger partial charge in [0.1, 0.15) is 11.6 Å². The minimum Gasteiger partial charge on any atom is -0.508 e. The van der Waals surface area contributed by atoms with E-state index in [9.17, 15) is 13.5 Å². The molecular weight excluding hydrogens is 348 g/mol. The second kappa shape index (κ2) is 6.80. The van der Waals surface area contributed by atoms with Crippen LogP contribution >= 0.6 is 0 Å². The normalized spacial score (nSPS) is 11.3. The fourth-order valence-electron chi connectivity index (χ4n) is 2.72. The maximum atomic E-state index is 11.7. The Morgan fingerprint density at radius 2 is 1.46 bits per heavy atom. The van der Waals surface area contributed by atoms with Gasteiger partial charge in [-0.15, -0.1) is 0 Å². The van der Waals surface area contributed by atoms with Gasteiger partial charge < -0.3 is 10.0 Å². The van der Waals surface area contributed by atoms with Crippen LogP contribution in [0, 0.1) is 0 Å². The molecule has 6 heteroatoms. The smallest absolute Gasteiger partial charge is 0.175 e. The molecule has 5 nitrogen and oxygen atoms in total. The molecule has 2 aromatic carbocycles. The lowest BCUT2D eigenvalue weighted by Crippen LogP contribution is -2.12. The van der Waals surface area contributed by atoms with Crippen LogP contribution in [0.25, 0.3) is 22.3 Å². The molecule has 0 bridgehead atoms. The largest absolute Gasteiger partial charge is 0.508 e. The van der Waals surface area contributed by atoms with Crippen LogP contribution in [0.4, 0.5) is 5.82 Å². The molecule has 1 N–H and O–H groups in total. The van der Waals surface area contributed by atoms with Gasteiger partial charge in [0, 0.05) is 37.7 Å². The van der Waals surface area contributed by atoms with Gasteiger partial charge in [0.05, 0.1) is 4.90 Å². The topological polar surface area (TPSA) is 70.5 Å². The number of phenols is 1. The van der Waals surface area contributed by atoms with Crippen molar-refractivity contribution in [2.75, 3.05) is 25.3 Å². The maximum Gasteiger partial charge on any atom is 0.175 e. The molecule has 0 aliphatic carbocycles. The van der Waals surface area contributed by atoms with Crippen molar-refractivity contribution in [3.8, 4) is 28.0 Å². The van der Waals surface area contributed by atoms with Crippen molar-refractivity contribution in [1.82, 2.24) is 4.98 Å². The number of nitrogens with zero attached hydrogens (tertiary/aromatic N) is 2. The summed E-state index contributed by atoms with van der Waals surface area (Å²) in [5, 5.41) is 9.47. The predicted molar refractivity (Wildman–Crippen MR) is 104 cm³/mol. The average molecular weight is 368 g/mol. The summed E-state index contributed by atoms with van der Waals surface area (Å²) in [6.07, 6.45) is 2.98. The van der Waals surface area contributed by atoms with Gasteiger partial charge in [-0.3, -0.25) is 0 Å². The van der Waals surface area contributed by atoms with Gasteiger partial charge in [-0.2, -0.15) is 0 Å². The van der Waals surface area contributed by atoms with Crippen LogP contribution in [0.5, 0.6) is 5.75 Å². The third-order valence-corrected chi connectivity index (χ3v) is 5.21. The van der Waals surface area contributed by atoms with E-state index in [2.05, 4.69) is 4.98 Å². The van der Waals surface area contributed by atoms with E-state index in [1.54, 1.807) is 42.6 Å². The Labute approximate surface area is 153 Å². The van der Waals surface area contributed by atoms with E-state index in [1.807, 2.05) is 37.2 Å². The van der Waals surface area contributed by atoms with E-state index in [1.165, 1.54) is 6.26 Å². The standard InChI is InChI=1S/C20H20N2O3S/c1-22(2)20-19(15-6-10-18(11-7-15)26(3,24)25)12-16(13-21-20)14-4-8-17(23)9-5-14/h4-13,23H,1-3H3. The van der Waals surface area contributed by atoms with E-state index in [0.29, 0.717) is 0 Å². The Bertz CT molecular complexity index is 1030. The third-order valence-electron chi connectivity index (χ3n) is 4.08. The van der Waals surface area contributed by atoms with Crippen molar-refractivity contribution in [3.63, 3.8) is 0 Å². The highest BCUT2D eigenvalue weighted by Gasteiger charge is 2.13. The molecule has 0 amide bonds. The first-order chi connectivity index (χ1) is 12.3. The van der Waals surface area contributed by atoms with Crippen molar-refractivity contribution in [2.45, 2.75) is 4.90 Å². The van der Waals surface area contributed by atoms with Crippen molar-refractivity contribution < 1.29 is 13.5 Å². The molecule has 0 aliphatic heterocycles. The maximum absolute atomic E-state index is 11.7. The second-order valence-electron chi connectivity index (χ2n) is 6.33. The molecule has 0 saturated carbocycles. The molecule has 26 heavy (non-hydrogen) atoms. The van der Waals surface area contributed by atoms with Crippen LogP contribution in [0.2, 0.25) is 0 Å². The van der Waals surface area contributed by atoms with Gasteiger partial charge in [0.15, 0.2) is 9.84 Å². The van der Waals surface area contributed by atoms with Crippen molar-refractivity contribution in [3.05, 3.63) is 60.8 Å². The summed E-state index contributed by atoms with van der Waals surface area (Å²) >= 11 is 0. The van der Waals surface area contributed by atoms with Gasteiger partial charge in [-0.1, -0.05) is 24.3 Å². The fourth-order valence-corrected chi connectivity index (χ4v) is 3.35. The highest BCUT2D eigenvalue weighted by molar-refractivity contribution is 7.90. The van der Waals surface area contributed by atoms with Gasteiger partial charge >= 0.3 is 0 Å². The van der Waals surface area contributed by atoms with Crippen LogP contribution in [-0.4, -0.2) is 38.9 Å². The number of pyridine rings is 1. The predicted octanol–water partition coefficient (Wildman–Crippen LogP) is 3.59. The number of aromatic nitrogens is 1. The van der Waals surface area contributed by atoms with E-state index < -0.39 is 9.84 Å². The summed E-state index contributed by atoms with van der Waals surface area (Å²) in [5.41, 5.74) is 3.64. The van der Waals surface area contributed by atoms with E-state index in [-0.39, 0.29) is 10.6 Å². The molecule has 0 spiro atoms. The van der Waals surface area contributed by atoms with Crippen molar-refractivity contribution >= 4 is 15.7 Å². The zero-order valence-electron chi connectivity index (χ0n) is 14.8. The SMILES string of the molecule is CN(C)c1ncc(-c2ccc(O)cc2)cc1-c1ccc(S(C)(=O)=O)cc1. The summed E-state index contributed by atoms with van der Waals surface area (Å²) in [6, 6.07) is 15.8. The number of anilines is 1. The Hall–Kier alpha value is -2.86. The number of sulfone groups is 1. The Morgan fingerprint density at radius 3 is 2.00 bits per heavy atom. The Balaban J connectivity index is 2.12. The van der Waals surface area contributed by atoms with Crippen LogP contribution in [0.1, 0.15) is 0 Å². The van der Waals surface area contributed by atoms with Crippen LogP contribution in [0.3, 0.4) is 0 Å². The molecule has 1 aromatic heterocycles. The summed E-state index contributed by atoms with van der Waals surface area (Å²) in [4.78, 5) is 6.77. The molecular formula is C20H20N2O3S. The summed E-state index contributed by atoms with van der Waals surface area (Å²) in [7, 11) is 0.594. The van der Waals surface area contributed by atoms with Crippen molar-refractivity contribution in [2.24, 2.45) is 0 Å². The molecule has 1 heterocycles. The van der Waals surface area contributed by atoms with E-state index in [0.717, 1.165) is 28.1 Å². The average Bonchev–Trinajstić information content (AvgIpc) is 2.61. The molecule has 3 rings (SSSR count). The van der Waals surface area contributed by atoms with Gasteiger partial charge in [0.25, 0.3) is 0 Å². The van der Waals surface area contributed by atoms with Crippen LogP contribution in [0.15, 0.2) is 65.7 Å².